The second-order valence-corrected chi connectivity index (χ2v) is 10.1. The van der Waals surface area contributed by atoms with Crippen LogP contribution in [0.3, 0.4) is 0 Å². The van der Waals surface area contributed by atoms with E-state index in [9.17, 15) is 4.79 Å². The number of halogens is 1. The Balaban J connectivity index is 1.60. The van der Waals surface area contributed by atoms with Crippen LogP contribution in [-0.2, 0) is 15.1 Å². The number of aromatic nitrogens is 1. The van der Waals surface area contributed by atoms with Gasteiger partial charge in [-0.3, -0.25) is 4.79 Å². The molecule has 4 nitrogen and oxygen atoms in total. The molecule has 0 radical (unpaired) electrons. The molecule has 144 valence electrons. The average molecular weight is 405 g/mol. The van der Waals surface area contributed by atoms with Gasteiger partial charge in [0.25, 0.3) is 5.91 Å². The van der Waals surface area contributed by atoms with Gasteiger partial charge in [-0.05, 0) is 49.1 Å². The van der Waals surface area contributed by atoms with E-state index in [-0.39, 0.29) is 5.41 Å². The maximum Gasteiger partial charge on any atom is 0.259 e. The number of hydrogen-bond acceptors (Lipinski definition) is 4. The summed E-state index contributed by atoms with van der Waals surface area (Å²) in [5, 5.41) is 3.32. The number of epoxide rings is 1. The van der Waals surface area contributed by atoms with E-state index in [1.807, 2.05) is 29.6 Å². The summed E-state index contributed by atoms with van der Waals surface area (Å²) in [4.78, 5) is 17.2. The number of hydrogen-bond donors (Lipinski definition) is 1. The predicted octanol–water partition coefficient (Wildman–Crippen LogP) is 5.15. The highest BCUT2D eigenvalue weighted by atomic mass is 35.5. The van der Waals surface area contributed by atoms with Crippen LogP contribution in [0.15, 0.2) is 29.6 Å². The third-order valence-corrected chi connectivity index (χ3v) is 7.45. The zero-order valence-electron chi connectivity index (χ0n) is 15.9. The largest absolute Gasteiger partial charge is 0.367 e. The van der Waals surface area contributed by atoms with Crippen molar-refractivity contribution in [2.45, 2.75) is 57.7 Å². The van der Waals surface area contributed by atoms with Gasteiger partial charge >= 0.3 is 0 Å². The fourth-order valence-electron chi connectivity index (χ4n) is 4.48. The molecule has 2 aromatic rings. The third kappa shape index (κ3) is 3.00. The number of amides is 1. The van der Waals surface area contributed by atoms with Crippen molar-refractivity contribution in [3.63, 3.8) is 0 Å². The Morgan fingerprint density at radius 3 is 2.44 bits per heavy atom. The number of ether oxygens (including phenoxy) is 1. The number of carbonyl (C=O) groups excluding carboxylic acids is 1. The quantitative estimate of drug-likeness (QED) is 0.719. The van der Waals surface area contributed by atoms with Gasteiger partial charge in [-0.2, -0.15) is 0 Å². The highest BCUT2D eigenvalue weighted by molar-refractivity contribution is 7.10. The van der Waals surface area contributed by atoms with Crippen LogP contribution < -0.4 is 5.73 Å². The summed E-state index contributed by atoms with van der Waals surface area (Å²) in [6, 6.07) is 7.53. The minimum Gasteiger partial charge on any atom is -0.367 e. The summed E-state index contributed by atoms with van der Waals surface area (Å²) in [6.07, 6.45) is 3.81. The molecule has 1 saturated carbocycles. The van der Waals surface area contributed by atoms with E-state index in [2.05, 4.69) is 20.8 Å². The molecule has 4 rings (SSSR count). The van der Waals surface area contributed by atoms with E-state index in [1.165, 1.54) is 11.3 Å². The Bertz CT molecular complexity index is 863. The van der Waals surface area contributed by atoms with Crippen molar-refractivity contribution in [2.75, 3.05) is 0 Å². The summed E-state index contributed by atoms with van der Waals surface area (Å²) in [5.41, 5.74) is 6.36. The fraction of sp³-hybridized carbons (Fsp3) is 0.524. The molecule has 0 bridgehead atoms. The van der Waals surface area contributed by atoms with Gasteiger partial charge in [-0.1, -0.05) is 44.5 Å². The van der Waals surface area contributed by atoms with Crippen molar-refractivity contribution < 1.29 is 9.53 Å². The van der Waals surface area contributed by atoms with E-state index in [1.54, 1.807) is 0 Å². The summed E-state index contributed by atoms with van der Waals surface area (Å²) in [5.74, 6) is 0.215. The minimum atomic E-state index is -1.06. The Kier molecular flexibility index (Phi) is 4.41. The lowest BCUT2D eigenvalue weighted by Crippen LogP contribution is -2.40. The second kappa shape index (κ2) is 6.29. The number of carbonyl (C=O) groups is 1. The standard InChI is InChI=1S/C21H25ClN2O2S/c1-19(2,3)14-8-10-20(11-9-14)21(26-20,17(23)25)18-24-16(12-27-18)13-4-6-15(22)7-5-13/h4-7,12,14H,8-11H2,1-3H3,(H2,23,25)/t14?,20?,21-/m0/s1. The van der Waals surface area contributed by atoms with Crippen LogP contribution in [0, 0.1) is 11.3 Å². The first kappa shape index (κ1) is 18.9. The molecule has 1 saturated heterocycles. The molecule has 27 heavy (non-hydrogen) atoms. The molecule has 2 N–H and O–H groups in total. The summed E-state index contributed by atoms with van der Waals surface area (Å²) < 4.78 is 6.16. The zero-order valence-corrected chi connectivity index (χ0v) is 17.5. The first-order valence-electron chi connectivity index (χ1n) is 9.40. The molecule has 1 spiro atoms. The highest BCUT2D eigenvalue weighted by Crippen LogP contribution is 2.64. The van der Waals surface area contributed by atoms with Crippen LogP contribution in [0.25, 0.3) is 11.3 Å². The molecule has 1 aliphatic heterocycles. The van der Waals surface area contributed by atoms with Crippen LogP contribution in [-0.4, -0.2) is 16.5 Å². The molecular weight excluding hydrogens is 380 g/mol. The normalized spacial score (nSPS) is 30.4. The summed E-state index contributed by atoms with van der Waals surface area (Å²) >= 11 is 7.42. The second-order valence-electron chi connectivity index (χ2n) is 8.83. The Hall–Kier alpha value is -1.43. The topological polar surface area (TPSA) is 68.5 Å². The van der Waals surface area contributed by atoms with Crippen molar-refractivity contribution in [2.24, 2.45) is 17.1 Å². The van der Waals surface area contributed by atoms with Crippen molar-refractivity contribution in [1.29, 1.82) is 0 Å². The molecule has 1 amide bonds. The number of primary amides is 1. The van der Waals surface area contributed by atoms with E-state index < -0.39 is 17.1 Å². The summed E-state index contributed by atoms with van der Waals surface area (Å²) in [6.45, 7) is 6.85. The maximum absolute atomic E-state index is 12.5. The predicted molar refractivity (Wildman–Crippen MR) is 109 cm³/mol. The molecule has 1 aromatic heterocycles. The Morgan fingerprint density at radius 2 is 1.89 bits per heavy atom. The monoisotopic (exact) mass is 404 g/mol. The van der Waals surface area contributed by atoms with Gasteiger partial charge in [0.1, 0.15) is 10.6 Å². The van der Waals surface area contributed by atoms with Crippen molar-refractivity contribution in [1.82, 2.24) is 4.98 Å². The molecular formula is C21H25ClN2O2S. The van der Waals surface area contributed by atoms with Gasteiger partial charge in [-0.15, -0.1) is 11.3 Å². The van der Waals surface area contributed by atoms with Crippen LogP contribution in [0.4, 0.5) is 0 Å². The van der Waals surface area contributed by atoms with Gasteiger partial charge < -0.3 is 10.5 Å². The maximum atomic E-state index is 12.5. The van der Waals surface area contributed by atoms with Crippen molar-refractivity contribution in [3.8, 4) is 11.3 Å². The number of nitrogens with two attached hydrogens (primary N) is 1. The molecule has 1 aromatic carbocycles. The van der Waals surface area contributed by atoms with Crippen molar-refractivity contribution >= 4 is 28.8 Å². The zero-order chi connectivity index (χ0) is 19.4. The van der Waals surface area contributed by atoms with Gasteiger partial charge in [-0.25, -0.2) is 4.98 Å². The smallest absolute Gasteiger partial charge is 0.259 e. The van der Waals surface area contributed by atoms with E-state index in [4.69, 9.17) is 27.1 Å². The lowest BCUT2D eigenvalue weighted by atomic mass is 9.67. The van der Waals surface area contributed by atoms with Crippen LogP contribution in [0.5, 0.6) is 0 Å². The lowest BCUT2D eigenvalue weighted by molar-refractivity contribution is -0.123. The van der Waals surface area contributed by atoms with Gasteiger partial charge in [0.2, 0.25) is 5.60 Å². The summed E-state index contributed by atoms with van der Waals surface area (Å²) in [7, 11) is 0. The molecule has 2 heterocycles. The van der Waals surface area contributed by atoms with Gasteiger partial charge in [0, 0.05) is 16.0 Å². The fourth-order valence-corrected chi connectivity index (χ4v) is 5.66. The van der Waals surface area contributed by atoms with Crippen molar-refractivity contribution in [3.05, 3.63) is 39.7 Å². The van der Waals surface area contributed by atoms with Crippen LogP contribution in [0.2, 0.25) is 5.02 Å². The SMILES string of the molecule is CC(C)(C)C1CCC2(CC1)O[C@@]2(C(N)=O)c1nc(-c2ccc(Cl)cc2)cs1. The van der Waals surface area contributed by atoms with E-state index in [0.29, 0.717) is 15.9 Å². The average Bonchev–Trinajstić information content (AvgIpc) is 3.00. The molecule has 0 unspecified atom stereocenters. The first-order chi connectivity index (χ1) is 12.7. The van der Waals surface area contributed by atoms with Gasteiger partial charge in [0.05, 0.1) is 5.69 Å². The highest BCUT2D eigenvalue weighted by Gasteiger charge is 2.76. The molecule has 2 fully saturated rings. The van der Waals surface area contributed by atoms with E-state index in [0.717, 1.165) is 36.9 Å². The van der Waals surface area contributed by atoms with Crippen LogP contribution >= 0.6 is 22.9 Å². The van der Waals surface area contributed by atoms with E-state index >= 15 is 0 Å². The Labute approximate surface area is 169 Å². The first-order valence-corrected chi connectivity index (χ1v) is 10.7. The lowest BCUT2D eigenvalue weighted by Gasteiger charge is -2.36. The molecule has 6 heteroatoms. The number of thiazole rings is 1. The van der Waals surface area contributed by atoms with Gasteiger partial charge in [0.15, 0.2) is 0 Å². The molecule has 1 aliphatic carbocycles. The minimum absolute atomic E-state index is 0.273. The molecule has 1 atom stereocenters. The van der Waals surface area contributed by atoms with Crippen LogP contribution in [0.1, 0.15) is 51.5 Å². The number of benzene rings is 1. The third-order valence-electron chi connectivity index (χ3n) is 6.26. The number of nitrogens with zero attached hydrogens (tertiary/aromatic N) is 1. The Morgan fingerprint density at radius 1 is 1.26 bits per heavy atom. The molecule has 2 aliphatic rings. The number of rotatable bonds is 3.